The van der Waals surface area contributed by atoms with Gasteiger partial charge in [0.05, 0.1) is 11.5 Å². The molecule has 1 aliphatic rings. The van der Waals surface area contributed by atoms with Crippen LogP contribution in [0.4, 0.5) is 0 Å². The van der Waals surface area contributed by atoms with E-state index in [9.17, 15) is 9.59 Å². The van der Waals surface area contributed by atoms with E-state index in [2.05, 4.69) is 10.3 Å². The predicted molar refractivity (Wildman–Crippen MR) is 65.2 cm³/mol. The number of carbonyl (C=O) groups is 2. The van der Waals surface area contributed by atoms with Crippen LogP contribution < -0.4 is 5.32 Å². The largest absolute Gasteiger partial charge is 0.481 e. The Morgan fingerprint density at radius 3 is 2.78 bits per heavy atom. The maximum atomic E-state index is 11.9. The van der Waals surface area contributed by atoms with Crippen molar-refractivity contribution in [2.45, 2.75) is 32.2 Å². The number of nitrogens with one attached hydrogen (secondary N) is 1. The second kappa shape index (κ2) is 5.16. The van der Waals surface area contributed by atoms with Gasteiger partial charge in [0, 0.05) is 17.9 Å². The summed E-state index contributed by atoms with van der Waals surface area (Å²) in [5, 5.41) is 11.8. The van der Waals surface area contributed by atoms with E-state index in [-0.39, 0.29) is 11.9 Å². The number of hydrogen-bond donors (Lipinski definition) is 2. The molecule has 2 unspecified atom stereocenters. The van der Waals surface area contributed by atoms with Gasteiger partial charge in [0.25, 0.3) is 5.91 Å². The van der Waals surface area contributed by atoms with Crippen LogP contribution >= 0.6 is 0 Å². The highest BCUT2D eigenvalue weighted by Gasteiger charge is 2.33. The van der Waals surface area contributed by atoms with Crippen LogP contribution in [0.15, 0.2) is 18.3 Å². The van der Waals surface area contributed by atoms with Gasteiger partial charge in [0.2, 0.25) is 0 Å². The van der Waals surface area contributed by atoms with Gasteiger partial charge in [-0.05, 0) is 31.9 Å². The van der Waals surface area contributed by atoms with Crippen LogP contribution in [0.25, 0.3) is 0 Å². The summed E-state index contributed by atoms with van der Waals surface area (Å²) < 4.78 is 0. The van der Waals surface area contributed by atoms with Crippen LogP contribution in [-0.2, 0) is 4.79 Å². The number of aryl methyl sites for hydroxylation is 1. The van der Waals surface area contributed by atoms with Crippen molar-refractivity contribution < 1.29 is 14.7 Å². The molecule has 0 spiro atoms. The van der Waals surface area contributed by atoms with Gasteiger partial charge in [-0.3, -0.25) is 14.6 Å². The number of aliphatic carboxylic acids is 1. The average molecular weight is 248 g/mol. The Morgan fingerprint density at radius 2 is 2.17 bits per heavy atom. The second-order valence-corrected chi connectivity index (χ2v) is 4.64. The molecule has 0 radical (unpaired) electrons. The van der Waals surface area contributed by atoms with Crippen molar-refractivity contribution in [2.75, 3.05) is 0 Å². The Hall–Kier alpha value is -1.91. The number of carboxylic acid groups (broad SMARTS) is 1. The SMILES string of the molecule is Cc1ccc(C(=O)NC2CCCC2C(=O)O)cn1. The molecule has 1 aliphatic carbocycles. The van der Waals surface area contributed by atoms with Crippen molar-refractivity contribution in [3.63, 3.8) is 0 Å². The maximum Gasteiger partial charge on any atom is 0.308 e. The quantitative estimate of drug-likeness (QED) is 0.846. The summed E-state index contributed by atoms with van der Waals surface area (Å²) in [5.74, 6) is -1.55. The van der Waals surface area contributed by atoms with Crippen LogP contribution in [0.1, 0.15) is 35.3 Å². The Labute approximate surface area is 105 Å². The second-order valence-electron chi connectivity index (χ2n) is 4.64. The first kappa shape index (κ1) is 12.5. The van der Waals surface area contributed by atoms with E-state index in [4.69, 9.17) is 5.11 Å². The molecule has 0 aliphatic heterocycles. The van der Waals surface area contributed by atoms with Crippen LogP contribution in [0.5, 0.6) is 0 Å². The summed E-state index contributed by atoms with van der Waals surface area (Å²) in [6.07, 6.45) is 3.71. The molecule has 0 saturated heterocycles. The minimum absolute atomic E-state index is 0.249. The molecular weight excluding hydrogens is 232 g/mol. The number of nitrogens with zero attached hydrogens (tertiary/aromatic N) is 1. The molecule has 18 heavy (non-hydrogen) atoms. The first-order valence-electron chi connectivity index (χ1n) is 6.04. The van der Waals surface area contributed by atoms with Crippen LogP contribution in [0.3, 0.4) is 0 Å². The fourth-order valence-electron chi connectivity index (χ4n) is 2.28. The molecule has 5 nitrogen and oxygen atoms in total. The number of hydrogen-bond acceptors (Lipinski definition) is 3. The maximum absolute atomic E-state index is 11.9. The fraction of sp³-hybridized carbons (Fsp3) is 0.462. The Morgan fingerprint density at radius 1 is 1.39 bits per heavy atom. The smallest absolute Gasteiger partial charge is 0.308 e. The van der Waals surface area contributed by atoms with Gasteiger partial charge in [-0.15, -0.1) is 0 Å². The minimum Gasteiger partial charge on any atom is -0.481 e. The topological polar surface area (TPSA) is 79.3 Å². The van der Waals surface area contributed by atoms with Crippen LogP contribution in [-0.4, -0.2) is 28.0 Å². The van der Waals surface area contributed by atoms with Crippen molar-refractivity contribution in [1.82, 2.24) is 10.3 Å². The fourth-order valence-corrected chi connectivity index (χ4v) is 2.28. The van der Waals surface area contributed by atoms with E-state index in [0.29, 0.717) is 12.0 Å². The molecule has 0 bridgehead atoms. The third-order valence-electron chi connectivity index (χ3n) is 3.32. The third-order valence-corrected chi connectivity index (χ3v) is 3.32. The Kier molecular flexibility index (Phi) is 3.60. The van der Waals surface area contributed by atoms with Crippen LogP contribution in [0.2, 0.25) is 0 Å². The van der Waals surface area contributed by atoms with E-state index in [1.807, 2.05) is 6.92 Å². The first-order chi connectivity index (χ1) is 8.58. The third kappa shape index (κ3) is 2.67. The summed E-state index contributed by atoms with van der Waals surface area (Å²) >= 11 is 0. The molecule has 1 saturated carbocycles. The number of carboxylic acids is 1. The molecule has 1 amide bonds. The molecule has 2 atom stereocenters. The lowest BCUT2D eigenvalue weighted by Crippen LogP contribution is -2.40. The summed E-state index contributed by atoms with van der Waals surface area (Å²) in [4.78, 5) is 27.0. The summed E-state index contributed by atoms with van der Waals surface area (Å²) in [6.45, 7) is 1.85. The number of rotatable bonds is 3. The summed E-state index contributed by atoms with van der Waals surface area (Å²) in [6, 6.07) is 3.19. The van der Waals surface area contributed by atoms with E-state index < -0.39 is 11.9 Å². The van der Waals surface area contributed by atoms with E-state index in [1.165, 1.54) is 6.20 Å². The van der Waals surface area contributed by atoms with E-state index in [0.717, 1.165) is 18.5 Å². The molecule has 1 heterocycles. The van der Waals surface area contributed by atoms with Crippen molar-refractivity contribution in [3.8, 4) is 0 Å². The monoisotopic (exact) mass is 248 g/mol. The van der Waals surface area contributed by atoms with Gasteiger partial charge in [0.1, 0.15) is 0 Å². The van der Waals surface area contributed by atoms with Gasteiger partial charge in [-0.1, -0.05) is 6.42 Å². The molecular formula is C13H16N2O3. The zero-order chi connectivity index (χ0) is 13.1. The first-order valence-corrected chi connectivity index (χ1v) is 6.04. The highest BCUT2D eigenvalue weighted by Crippen LogP contribution is 2.26. The number of aromatic nitrogens is 1. The molecule has 2 rings (SSSR count). The standard InChI is InChI=1S/C13H16N2O3/c1-8-5-6-9(7-14-8)12(16)15-11-4-2-3-10(11)13(17)18/h5-7,10-11H,2-4H2,1H3,(H,15,16)(H,17,18). The average Bonchev–Trinajstić information content (AvgIpc) is 2.78. The van der Waals surface area contributed by atoms with Gasteiger partial charge < -0.3 is 10.4 Å². The Bertz CT molecular complexity index is 456. The number of carbonyl (C=O) groups excluding carboxylic acids is 1. The molecule has 1 fully saturated rings. The highest BCUT2D eigenvalue weighted by atomic mass is 16.4. The lowest BCUT2D eigenvalue weighted by atomic mass is 10.0. The lowest BCUT2D eigenvalue weighted by molar-refractivity contribution is -0.142. The van der Waals surface area contributed by atoms with Crippen molar-refractivity contribution in [2.24, 2.45) is 5.92 Å². The van der Waals surface area contributed by atoms with Gasteiger partial charge in [-0.2, -0.15) is 0 Å². The zero-order valence-corrected chi connectivity index (χ0v) is 10.2. The summed E-state index contributed by atoms with van der Waals surface area (Å²) in [5.41, 5.74) is 1.31. The lowest BCUT2D eigenvalue weighted by Gasteiger charge is -2.17. The normalized spacial score (nSPS) is 22.7. The van der Waals surface area contributed by atoms with Gasteiger partial charge in [-0.25, -0.2) is 0 Å². The number of pyridine rings is 1. The molecule has 0 aromatic carbocycles. The highest BCUT2D eigenvalue weighted by molar-refractivity contribution is 5.94. The number of amides is 1. The Balaban J connectivity index is 2.03. The zero-order valence-electron chi connectivity index (χ0n) is 10.2. The van der Waals surface area contributed by atoms with Crippen molar-refractivity contribution >= 4 is 11.9 Å². The van der Waals surface area contributed by atoms with E-state index >= 15 is 0 Å². The molecule has 1 aromatic rings. The van der Waals surface area contributed by atoms with E-state index in [1.54, 1.807) is 12.1 Å². The minimum atomic E-state index is -0.833. The van der Waals surface area contributed by atoms with Crippen molar-refractivity contribution in [3.05, 3.63) is 29.6 Å². The molecule has 2 N–H and O–H groups in total. The van der Waals surface area contributed by atoms with Crippen molar-refractivity contribution in [1.29, 1.82) is 0 Å². The van der Waals surface area contributed by atoms with Crippen LogP contribution in [0, 0.1) is 12.8 Å². The summed E-state index contributed by atoms with van der Waals surface area (Å²) in [7, 11) is 0. The van der Waals surface area contributed by atoms with Gasteiger partial charge in [0.15, 0.2) is 0 Å². The predicted octanol–water partition coefficient (Wildman–Crippen LogP) is 1.37. The van der Waals surface area contributed by atoms with Gasteiger partial charge >= 0.3 is 5.97 Å². The molecule has 96 valence electrons. The molecule has 5 heteroatoms. The molecule has 1 aromatic heterocycles.